The minimum atomic E-state index is -0.215. The first-order valence-corrected chi connectivity index (χ1v) is 4.45. The monoisotopic (exact) mass is 201 g/mol. The van der Waals surface area contributed by atoms with Crippen LogP contribution >= 0.6 is 11.6 Å². The number of hydrogen-bond donors (Lipinski definition) is 1. The molecule has 0 spiro atoms. The highest BCUT2D eigenvalue weighted by Crippen LogP contribution is 2.16. The van der Waals surface area contributed by atoms with Crippen molar-refractivity contribution in [3.63, 3.8) is 0 Å². The lowest BCUT2D eigenvalue weighted by Crippen LogP contribution is -2.15. The van der Waals surface area contributed by atoms with E-state index in [0.717, 1.165) is 11.3 Å². The van der Waals surface area contributed by atoms with Gasteiger partial charge in [-0.2, -0.15) is 5.10 Å². The molecule has 1 amide bonds. The Morgan fingerprint density at radius 2 is 2.23 bits per heavy atom. The Balaban J connectivity index is 2.94. The maximum absolute atomic E-state index is 11.0. The van der Waals surface area contributed by atoms with Crippen LogP contribution in [0.25, 0.3) is 0 Å². The van der Waals surface area contributed by atoms with Crippen LogP contribution in [0.4, 0.5) is 5.82 Å². The van der Waals surface area contributed by atoms with Gasteiger partial charge in [0.25, 0.3) is 0 Å². The van der Waals surface area contributed by atoms with Crippen LogP contribution < -0.4 is 5.32 Å². The van der Waals surface area contributed by atoms with E-state index in [1.54, 1.807) is 11.7 Å². The van der Waals surface area contributed by atoms with Gasteiger partial charge in [-0.15, -0.1) is 11.6 Å². The largest absolute Gasteiger partial charge is 0.310 e. The number of halogens is 1. The van der Waals surface area contributed by atoms with E-state index < -0.39 is 0 Å². The van der Waals surface area contributed by atoms with Crippen LogP contribution in [0.5, 0.6) is 0 Å². The number of amides is 1. The summed E-state index contributed by atoms with van der Waals surface area (Å²) in [6.07, 6.45) is 0. The highest BCUT2D eigenvalue weighted by molar-refractivity contribution is 6.29. The first-order chi connectivity index (χ1) is 6.06. The number of nitrogens with one attached hydrogen (secondary N) is 1. The third kappa shape index (κ3) is 2.01. The van der Waals surface area contributed by atoms with Gasteiger partial charge in [-0.1, -0.05) is 0 Å². The summed E-state index contributed by atoms with van der Waals surface area (Å²) in [6, 6.07) is 0. The number of alkyl halides is 1. The Labute approximate surface area is 81.9 Å². The van der Waals surface area contributed by atoms with Crippen LogP contribution in [-0.2, 0) is 11.8 Å². The Morgan fingerprint density at radius 3 is 2.62 bits per heavy atom. The molecule has 0 aliphatic carbocycles. The van der Waals surface area contributed by atoms with Crippen molar-refractivity contribution >= 4 is 23.3 Å². The second kappa shape index (κ2) is 3.79. The predicted octanol–water partition coefficient (Wildman–Crippen LogP) is 1.21. The fraction of sp³-hybridized carbons (Fsp3) is 0.500. The van der Waals surface area contributed by atoms with E-state index in [2.05, 4.69) is 10.4 Å². The van der Waals surface area contributed by atoms with Gasteiger partial charge in [0.05, 0.1) is 5.69 Å². The van der Waals surface area contributed by atoms with Crippen molar-refractivity contribution in [1.29, 1.82) is 0 Å². The quantitative estimate of drug-likeness (QED) is 0.732. The van der Waals surface area contributed by atoms with Crippen molar-refractivity contribution < 1.29 is 4.79 Å². The molecule has 1 aromatic rings. The Kier molecular flexibility index (Phi) is 2.93. The smallest absolute Gasteiger partial charge is 0.240 e. The first-order valence-electron chi connectivity index (χ1n) is 3.92. The average molecular weight is 202 g/mol. The molecule has 0 radical (unpaired) electrons. The standard InChI is InChI=1S/C8H12ClN3O/c1-5-6(2)11-12(3)8(5)10-7(13)4-9/h4H2,1-3H3,(H,10,13). The van der Waals surface area contributed by atoms with E-state index in [9.17, 15) is 4.79 Å². The minimum Gasteiger partial charge on any atom is -0.310 e. The molecular formula is C8H12ClN3O. The molecule has 0 aliphatic heterocycles. The summed E-state index contributed by atoms with van der Waals surface area (Å²) in [7, 11) is 1.78. The van der Waals surface area contributed by atoms with Gasteiger partial charge in [-0.25, -0.2) is 0 Å². The number of hydrogen-bond acceptors (Lipinski definition) is 2. The number of aromatic nitrogens is 2. The topological polar surface area (TPSA) is 46.9 Å². The molecule has 0 aromatic carbocycles. The Hall–Kier alpha value is -1.03. The number of rotatable bonds is 2. The molecule has 0 saturated heterocycles. The van der Waals surface area contributed by atoms with Crippen molar-refractivity contribution in [2.75, 3.05) is 11.2 Å². The third-order valence-corrected chi connectivity index (χ3v) is 2.14. The SMILES string of the molecule is Cc1nn(C)c(NC(=O)CCl)c1C. The molecule has 1 N–H and O–H groups in total. The van der Waals surface area contributed by atoms with Crippen LogP contribution in [0, 0.1) is 13.8 Å². The van der Waals surface area contributed by atoms with Gasteiger partial charge in [-0.05, 0) is 13.8 Å². The lowest BCUT2D eigenvalue weighted by molar-refractivity contribution is -0.114. The van der Waals surface area contributed by atoms with E-state index >= 15 is 0 Å². The molecule has 0 aliphatic rings. The fourth-order valence-electron chi connectivity index (χ4n) is 1.10. The fourth-order valence-corrected chi connectivity index (χ4v) is 1.17. The van der Waals surface area contributed by atoms with E-state index in [1.807, 2.05) is 13.8 Å². The maximum Gasteiger partial charge on any atom is 0.240 e. The van der Waals surface area contributed by atoms with E-state index in [0.29, 0.717) is 5.82 Å². The maximum atomic E-state index is 11.0. The zero-order valence-corrected chi connectivity index (χ0v) is 8.64. The highest BCUT2D eigenvalue weighted by atomic mass is 35.5. The molecule has 72 valence electrons. The van der Waals surface area contributed by atoms with Gasteiger partial charge < -0.3 is 5.32 Å². The molecule has 1 heterocycles. The molecule has 1 aromatic heterocycles. The summed E-state index contributed by atoms with van der Waals surface area (Å²) < 4.78 is 1.63. The highest BCUT2D eigenvalue weighted by Gasteiger charge is 2.10. The lowest BCUT2D eigenvalue weighted by atomic mass is 10.3. The van der Waals surface area contributed by atoms with Gasteiger partial charge in [-0.3, -0.25) is 9.48 Å². The molecule has 0 bridgehead atoms. The van der Waals surface area contributed by atoms with E-state index in [4.69, 9.17) is 11.6 Å². The second-order valence-corrected chi connectivity index (χ2v) is 3.13. The summed E-state index contributed by atoms with van der Waals surface area (Å²) in [6.45, 7) is 3.80. The van der Waals surface area contributed by atoms with E-state index in [-0.39, 0.29) is 11.8 Å². The van der Waals surface area contributed by atoms with Gasteiger partial charge in [0.2, 0.25) is 5.91 Å². The van der Waals surface area contributed by atoms with Gasteiger partial charge in [0.15, 0.2) is 0 Å². The summed E-state index contributed by atoms with van der Waals surface area (Å²) in [5, 5.41) is 6.84. The summed E-state index contributed by atoms with van der Waals surface area (Å²) in [5.74, 6) is 0.458. The molecule has 0 atom stereocenters. The molecule has 5 heteroatoms. The number of carbonyl (C=O) groups excluding carboxylic acids is 1. The van der Waals surface area contributed by atoms with Crippen LogP contribution in [0.2, 0.25) is 0 Å². The van der Waals surface area contributed by atoms with Gasteiger partial charge in [0, 0.05) is 12.6 Å². The number of carbonyl (C=O) groups is 1. The number of anilines is 1. The molecular weight excluding hydrogens is 190 g/mol. The van der Waals surface area contributed by atoms with Gasteiger partial charge >= 0.3 is 0 Å². The van der Waals surface area contributed by atoms with E-state index in [1.165, 1.54) is 0 Å². The summed E-state index contributed by atoms with van der Waals surface area (Å²) >= 11 is 5.37. The first kappa shape index (κ1) is 10.1. The Morgan fingerprint density at radius 1 is 1.62 bits per heavy atom. The van der Waals surface area contributed by atoms with Crippen LogP contribution in [0.1, 0.15) is 11.3 Å². The number of aryl methyl sites for hydroxylation is 2. The second-order valence-electron chi connectivity index (χ2n) is 2.86. The third-order valence-electron chi connectivity index (χ3n) is 1.90. The Bertz CT molecular complexity index is 332. The zero-order chi connectivity index (χ0) is 10.0. The van der Waals surface area contributed by atoms with Crippen molar-refractivity contribution in [3.05, 3.63) is 11.3 Å². The van der Waals surface area contributed by atoms with Crippen LogP contribution in [-0.4, -0.2) is 21.6 Å². The zero-order valence-electron chi connectivity index (χ0n) is 7.89. The summed E-state index contributed by atoms with van der Waals surface area (Å²) in [5.41, 5.74) is 1.88. The van der Waals surface area contributed by atoms with Crippen molar-refractivity contribution in [1.82, 2.24) is 9.78 Å². The predicted molar refractivity (Wildman–Crippen MR) is 52.0 cm³/mol. The van der Waals surface area contributed by atoms with Crippen molar-refractivity contribution in [3.8, 4) is 0 Å². The minimum absolute atomic E-state index is 0.0380. The van der Waals surface area contributed by atoms with Crippen LogP contribution in [0.3, 0.4) is 0 Å². The normalized spacial score (nSPS) is 10.2. The molecule has 4 nitrogen and oxygen atoms in total. The lowest BCUT2D eigenvalue weighted by Gasteiger charge is -2.03. The average Bonchev–Trinajstić information content (AvgIpc) is 2.32. The van der Waals surface area contributed by atoms with Crippen molar-refractivity contribution in [2.24, 2.45) is 7.05 Å². The van der Waals surface area contributed by atoms with Crippen molar-refractivity contribution in [2.45, 2.75) is 13.8 Å². The molecule has 0 saturated carbocycles. The molecule has 1 rings (SSSR count). The number of nitrogens with zero attached hydrogens (tertiary/aromatic N) is 2. The van der Waals surface area contributed by atoms with Gasteiger partial charge in [0.1, 0.15) is 11.7 Å². The summed E-state index contributed by atoms with van der Waals surface area (Å²) in [4.78, 5) is 11.0. The van der Waals surface area contributed by atoms with Crippen LogP contribution in [0.15, 0.2) is 0 Å². The molecule has 0 unspecified atom stereocenters. The molecule has 0 fully saturated rings. The molecule has 13 heavy (non-hydrogen) atoms.